The summed E-state index contributed by atoms with van der Waals surface area (Å²) in [5, 5.41) is 7.55. The molecule has 1 aromatic carbocycles. The number of aromatic amines is 1. The van der Waals surface area contributed by atoms with Crippen molar-refractivity contribution < 1.29 is 22.5 Å². The molecule has 33 heavy (non-hydrogen) atoms. The van der Waals surface area contributed by atoms with Crippen molar-refractivity contribution in [3.8, 4) is 11.3 Å². The van der Waals surface area contributed by atoms with Gasteiger partial charge in [0.1, 0.15) is 12.7 Å². The van der Waals surface area contributed by atoms with Gasteiger partial charge in [-0.3, -0.25) is 0 Å². The maximum Gasteiger partial charge on any atom is 0.419 e. The van der Waals surface area contributed by atoms with E-state index in [0.717, 1.165) is 6.20 Å². The van der Waals surface area contributed by atoms with Crippen LogP contribution in [0.5, 0.6) is 0 Å². The second-order valence-electron chi connectivity index (χ2n) is 9.33. The summed E-state index contributed by atoms with van der Waals surface area (Å²) in [4.78, 5) is 11.2. The lowest BCUT2D eigenvalue weighted by Gasteiger charge is -2.23. The largest absolute Gasteiger partial charge is 0.419 e. The minimum Gasteiger partial charge on any atom is -0.377 e. The number of alkyl halides is 3. The van der Waals surface area contributed by atoms with E-state index in [4.69, 9.17) is 4.74 Å². The number of ether oxygens (including phenoxy) is 1. The van der Waals surface area contributed by atoms with Gasteiger partial charge in [-0.2, -0.15) is 13.2 Å². The Hall–Kier alpha value is -2.42. The van der Waals surface area contributed by atoms with E-state index >= 15 is 0 Å². The molecule has 4 rings (SSSR count). The molecule has 178 valence electrons. The van der Waals surface area contributed by atoms with Crippen LogP contribution in [-0.4, -0.2) is 59.6 Å². The molecule has 1 aliphatic heterocycles. The lowest BCUT2D eigenvalue weighted by atomic mass is 10.1. The molecule has 1 aliphatic rings. The molecule has 1 atom stereocenters. The molecule has 0 bridgehead atoms. The maximum atomic E-state index is 13.9. The Labute approximate surface area is 189 Å². The van der Waals surface area contributed by atoms with Gasteiger partial charge in [0, 0.05) is 40.7 Å². The Balaban J connectivity index is 1.77. The second kappa shape index (κ2) is 8.42. The number of hydrogen-bond donors (Lipinski definition) is 3. The summed E-state index contributed by atoms with van der Waals surface area (Å²) in [6.07, 6.45) is -2.37. The number of halogens is 3. The highest BCUT2D eigenvalue weighted by Gasteiger charge is 2.36. The van der Waals surface area contributed by atoms with Crippen molar-refractivity contribution >= 4 is 29.3 Å². The van der Waals surface area contributed by atoms with E-state index < -0.39 is 18.9 Å². The zero-order valence-corrected chi connectivity index (χ0v) is 19.8. The van der Waals surface area contributed by atoms with Crippen LogP contribution in [0.4, 0.5) is 19.1 Å². The van der Waals surface area contributed by atoms with Crippen LogP contribution in [0, 0.1) is 0 Å². The van der Waals surface area contributed by atoms with E-state index in [1.54, 1.807) is 31.5 Å². The highest BCUT2D eigenvalue weighted by molar-refractivity contribution is 7.70. The highest BCUT2D eigenvalue weighted by Crippen LogP contribution is 2.41. The summed E-state index contributed by atoms with van der Waals surface area (Å²) in [6, 6.07) is 4.90. The topological polar surface area (TPSA) is 91.9 Å². The number of H-pyrrole nitrogens is 1. The van der Waals surface area contributed by atoms with Crippen LogP contribution in [0.3, 0.4) is 0 Å². The molecule has 1 unspecified atom stereocenters. The fraction of sp³-hybridized carbons (Fsp3) is 0.455. The van der Waals surface area contributed by atoms with Gasteiger partial charge in [-0.15, -0.1) is 0 Å². The average molecular weight is 481 g/mol. The smallest absolute Gasteiger partial charge is 0.377 e. The van der Waals surface area contributed by atoms with Crippen molar-refractivity contribution in [2.24, 2.45) is 0 Å². The molecule has 3 heterocycles. The van der Waals surface area contributed by atoms with Crippen LogP contribution in [0.15, 0.2) is 30.6 Å². The van der Waals surface area contributed by atoms with Crippen molar-refractivity contribution in [1.82, 2.24) is 20.3 Å². The van der Waals surface area contributed by atoms with Crippen molar-refractivity contribution in [2.75, 3.05) is 38.4 Å². The third-order valence-electron chi connectivity index (χ3n) is 5.57. The second-order valence-corrected chi connectivity index (χ2v) is 12.5. The van der Waals surface area contributed by atoms with Crippen LogP contribution in [0.25, 0.3) is 22.2 Å². The van der Waals surface area contributed by atoms with Gasteiger partial charge in [-0.25, -0.2) is 9.97 Å². The van der Waals surface area contributed by atoms with Crippen LogP contribution < -0.4 is 15.9 Å². The summed E-state index contributed by atoms with van der Waals surface area (Å²) in [7, 11) is -2.65. The third kappa shape index (κ3) is 5.08. The van der Waals surface area contributed by atoms with E-state index in [1.807, 2.05) is 13.8 Å². The van der Waals surface area contributed by atoms with Gasteiger partial charge in [0.25, 0.3) is 0 Å². The Morgan fingerprint density at radius 1 is 1.27 bits per heavy atom. The number of aromatic nitrogens is 3. The van der Waals surface area contributed by atoms with Gasteiger partial charge in [0.15, 0.2) is 0 Å². The number of benzene rings is 1. The molecule has 1 saturated heterocycles. The summed E-state index contributed by atoms with van der Waals surface area (Å²) >= 11 is 0. The standard InChI is InChI=1S/C22H27F3N5O2P/c1-21(2)12-32-11-13(8-28-21)29-20-27-10-16(22(23,24)25)18(30-20)15-9-26-19-14(15)6-5-7-17(19)33(3,4)31/h5-7,9-10,13,26,28H,8,11-12H2,1-4H3,(H,27,29,30). The number of para-hydroxylation sites is 1. The number of fused-ring (bicyclic) bond motifs is 1. The minimum absolute atomic E-state index is 0.0789. The molecule has 3 N–H and O–H groups in total. The first-order valence-electron chi connectivity index (χ1n) is 10.5. The first kappa shape index (κ1) is 23.7. The summed E-state index contributed by atoms with van der Waals surface area (Å²) in [6.45, 7) is 8.71. The van der Waals surface area contributed by atoms with Crippen LogP contribution >= 0.6 is 7.14 Å². The van der Waals surface area contributed by atoms with Gasteiger partial charge in [-0.05, 0) is 33.2 Å². The summed E-state index contributed by atoms with van der Waals surface area (Å²) in [5.41, 5.74) is -0.567. The molecular formula is C22H27F3N5O2P. The Kier molecular flexibility index (Phi) is 6.05. The zero-order chi connectivity index (χ0) is 24.0. The Bertz CT molecular complexity index is 1220. The van der Waals surface area contributed by atoms with Crippen molar-refractivity contribution in [3.63, 3.8) is 0 Å². The first-order chi connectivity index (χ1) is 15.4. The van der Waals surface area contributed by atoms with E-state index in [2.05, 4.69) is 25.6 Å². The summed E-state index contributed by atoms with van der Waals surface area (Å²) in [5.74, 6) is 0.0789. The van der Waals surface area contributed by atoms with Gasteiger partial charge in [0.2, 0.25) is 5.95 Å². The molecular weight excluding hydrogens is 454 g/mol. The van der Waals surface area contributed by atoms with Gasteiger partial charge < -0.3 is 24.9 Å². The molecule has 0 aliphatic carbocycles. The SMILES string of the molecule is CC1(C)COCC(Nc2ncc(C(F)(F)F)c(-c3c[nH]c4c(P(C)(C)=O)cccc34)n2)CN1. The number of anilines is 1. The monoisotopic (exact) mass is 481 g/mol. The van der Waals surface area contributed by atoms with Gasteiger partial charge in [-0.1, -0.05) is 12.1 Å². The molecule has 2 aromatic heterocycles. The van der Waals surface area contributed by atoms with Crippen molar-refractivity contribution in [1.29, 1.82) is 0 Å². The Morgan fingerprint density at radius 3 is 2.73 bits per heavy atom. The molecule has 11 heteroatoms. The fourth-order valence-electron chi connectivity index (χ4n) is 3.89. The van der Waals surface area contributed by atoms with E-state index in [0.29, 0.717) is 36.0 Å². The quantitative estimate of drug-likeness (QED) is 0.487. The average Bonchev–Trinajstić information content (AvgIpc) is 3.06. The number of hydrogen-bond acceptors (Lipinski definition) is 6. The minimum atomic E-state index is -4.64. The molecule has 7 nitrogen and oxygen atoms in total. The molecule has 3 aromatic rings. The fourth-order valence-corrected chi connectivity index (χ4v) is 5.06. The summed E-state index contributed by atoms with van der Waals surface area (Å²) < 4.78 is 59.9. The molecule has 0 spiro atoms. The number of rotatable bonds is 4. The third-order valence-corrected chi connectivity index (χ3v) is 7.10. The molecule has 0 amide bonds. The number of nitrogens with zero attached hydrogens (tertiary/aromatic N) is 2. The van der Waals surface area contributed by atoms with Crippen LogP contribution in [-0.2, 0) is 15.5 Å². The van der Waals surface area contributed by atoms with Crippen molar-refractivity contribution in [3.05, 3.63) is 36.2 Å². The van der Waals surface area contributed by atoms with E-state index in [9.17, 15) is 17.7 Å². The van der Waals surface area contributed by atoms with E-state index in [-0.39, 0.29) is 28.8 Å². The van der Waals surface area contributed by atoms with Crippen LogP contribution in [0.1, 0.15) is 19.4 Å². The Morgan fingerprint density at radius 2 is 2.03 bits per heavy atom. The first-order valence-corrected chi connectivity index (χ1v) is 13.1. The lowest BCUT2D eigenvalue weighted by Crippen LogP contribution is -2.45. The lowest BCUT2D eigenvalue weighted by molar-refractivity contribution is -0.137. The molecule has 0 saturated carbocycles. The van der Waals surface area contributed by atoms with Gasteiger partial charge >= 0.3 is 6.18 Å². The molecule has 0 radical (unpaired) electrons. The molecule has 1 fully saturated rings. The number of nitrogens with one attached hydrogen (secondary N) is 3. The predicted molar refractivity (Wildman–Crippen MR) is 124 cm³/mol. The van der Waals surface area contributed by atoms with Crippen molar-refractivity contribution in [2.45, 2.75) is 31.6 Å². The zero-order valence-electron chi connectivity index (χ0n) is 18.9. The van der Waals surface area contributed by atoms with E-state index in [1.165, 1.54) is 6.20 Å². The maximum absolute atomic E-state index is 13.9. The predicted octanol–water partition coefficient (Wildman–Crippen LogP) is 4.07. The normalized spacial score (nSPS) is 19.4. The van der Waals surface area contributed by atoms with Crippen LogP contribution in [0.2, 0.25) is 0 Å². The van der Waals surface area contributed by atoms with Gasteiger partial charge in [0.05, 0.1) is 30.5 Å². The highest BCUT2D eigenvalue weighted by atomic mass is 31.2.